The van der Waals surface area contributed by atoms with Crippen molar-refractivity contribution in [2.45, 2.75) is 26.2 Å². The van der Waals surface area contributed by atoms with E-state index >= 15 is 0 Å². The first-order chi connectivity index (χ1) is 12.7. The van der Waals surface area contributed by atoms with Crippen LogP contribution in [0, 0.1) is 6.92 Å². The number of aromatic amines is 1. The van der Waals surface area contributed by atoms with Crippen molar-refractivity contribution in [3.8, 4) is 22.8 Å². The van der Waals surface area contributed by atoms with Crippen molar-refractivity contribution in [2.75, 3.05) is 32.2 Å². The maximum Gasteiger partial charge on any atom is 0.161 e. The van der Waals surface area contributed by atoms with Crippen molar-refractivity contribution in [3.63, 3.8) is 0 Å². The first-order valence-electron chi connectivity index (χ1n) is 9.04. The third-order valence-corrected chi connectivity index (χ3v) is 4.92. The zero-order valence-corrected chi connectivity index (χ0v) is 15.5. The Morgan fingerprint density at radius 1 is 0.962 bits per heavy atom. The minimum absolute atomic E-state index is 0.710. The van der Waals surface area contributed by atoms with Crippen LogP contribution in [0.4, 0.5) is 5.82 Å². The molecule has 0 bridgehead atoms. The summed E-state index contributed by atoms with van der Waals surface area (Å²) in [6.45, 7) is 4.06. The summed E-state index contributed by atoms with van der Waals surface area (Å²) in [5, 5.41) is 0. The highest BCUT2D eigenvalue weighted by Gasteiger charge is 2.19. The third kappa shape index (κ3) is 2.96. The lowest BCUT2D eigenvalue weighted by molar-refractivity contribution is 0.355. The normalized spacial score (nSPS) is 14.7. The van der Waals surface area contributed by atoms with E-state index in [0.717, 1.165) is 52.8 Å². The van der Waals surface area contributed by atoms with Crippen LogP contribution in [0.1, 0.15) is 25.1 Å². The smallest absolute Gasteiger partial charge is 0.161 e. The fourth-order valence-corrected chi connectivity index (χ4v) is 3.60. The van der Waals surface area contributed by atoms with E-state index in [1.807, 2.05) is 25.1 Å². The molecule has 3 heterocycles. The molecule has 0 spiro atoms. The van der Waals surface area contributed by atoms with Crippen LogP contribution in [-0.2, 0) is 0 Å². The Balaban J connectivity index is 1.80. The average Bonchev–Trinajstić information content (AvgIpc) is 3.11. The Morgan fingerprint density at radius 3 is 2.46 bits per heavy atom. The second kappa shape index (κ2) is 6.86. The van der Waals surface area contributed by atoms with E-state index in [2.05, 4.69) is 20.9 Å². The van der Waals surface area contributed by atoms with Crippen LogP contribution >= 0.6 is 0 Å². The quantitative estimate of drug-likeness (QED) is 0.770. The minimum atomic E-state index is 0.710. The molecule has 0 saturated carbocycles. The van der Waals surface area contributed by atoms with Crippen LogP contribution in [0.15, 0.2) is 24.3 Å². The number of nitrogens with one attached hydrogen (secondary N) is 1. The maximum atomic E-state index is 5.44. The predicted molar refractivity (Wildman–Crippen MR) is 103 cm³/mol. The van der Waals surface area contributed by atoms with E-state index in [0.29, 0.717) is 5.75 Å². The van der Waals surface area contributed by atoms with Gasteiger partial charge in [-0.15, -0.1) is 0 Å². The first kappa shape index (κ1) is 16.7. The number of piperidine rings is 1. The second-order valence-corrected chi connectivity index (χ2v) is 6.66. The Hall–Kier alpha value is -2.76. The highest BCUT2D eigenvalue weighted by molar-refractivity contribution is 5.91. The van der Waals surface area contributed by atoms with Gasteiger partial charge in [-0.1, -0.05) is 0 Å². The Morgan fingerprint density at radius 2 is 1.73 bits per heavy atom. The van der Waals surface area contributed by atoms with E-state index in [9.17, 15) is 0 Å². The first-order valence-corrected chi connectivity index (χ1v) is 9.04. The monoisotopic (exact) mass is 352 g/mol. The molecule has 0 atom stereocenters. The van der Waals surface area contributed by atoms with Gasteiger partial charge in [0.2, 0.25) is 0 Å². The summed E-state index contributed by atoms with van der Waals surface area (Å²) in [6.07, 6.45) is 3.73. The lowest BCUT2D eigenvalue weighted by Gasteiger charge is -2.28. The van der Waals surface area contributed by atoms with Gasteiger partial charge in [-0.25, -0.2) is 9.97 Å². The number of rotatable bonds is 4. The number of anilines is 1. The van der Waals surface area contributed by atoms with Crippen molar-refractivity contribution in [1.82, 2.24) is 15.0 Å². The topological polar surface area (TPSA) is 63.3 Å². The van der Waals surface area contributed by atoms with E-state index in [-0.39, 0.29) is 0 Å². The molecule has 1 saturated heterocycles. The molecule has 6 heteroatoms. The molecule has 1 aromatic carbocycles. The zero-order valence-electron chi connectivity index (χ0n) is 15.5. The number of aromatic nitrogens is 3. The summed E-state index contributed by atoms with van der Waals surface area (Å²) in [4.78, 5) is 15.3. The Kier molecular flexibility index (Phi) is 4.41. The molecule has 0 radical (unpaired) electrons. The fourth-order valence-electron chi connectivity index (χ4n) is 3.60. The highest BCUT2D eigenvalue weighted by atomic mass is 16.5. The van der Waals surface area contributed by atoms with Crippen LogP contribution in [0.2, 0.25) is 0 Å². The van der Waals surface area contributed by atoms with Gasteiger partial charge in [0.15, 0.2) is 17.3 Å². The Bertz CT molecular complexity index is 929. The van der Waals surface area contributed by atoms with Crippen LogP contribution in [0.3, 0.4) is 0 Å². The average molecular weight is 352 g/mol. The number of hydrogen-bond acceptors (Lipinski definition) is 5. The van der Waals surface area contributed by atoms with Gasteiger partial charge in [0.05, 0.1) is 19.7 Å². The molecule has 26 heavy (non-hydrogen) atoms. The van der Waals surface area contributed by atoms with Crippen molar-refractivity contribution < 1.29 is 9.47 Å². The molecule has 4 rings (SSSR count). The van der Waals surface area contributed by atoms with Crippen LogP contribution in [0.25, 0.3) is 22.3 Å². The zero-order chi connectivity index (χ0) is 18.1. The predicted octanol–water partition coefficient (Wildman–Crippen LogP) is 3.94. The summed E-state index contributed by atoms with van der Waals surface area (Å²) in [5.74, 6) is 3.24. The number of hydrogen-bond donors (Lipinski definition) is 1. The number of aryl methyl sites for hydroxylation is 1. The van der Waals surface area contributed by atoms with E-state index in [1.54, 1.807) is 14.2 Å². The van der Waals surface area contributed by atoms with E-state index in [4.69, 9.17) is 14.5 Å². The number of H-pyrrole nitrogens is 1. The summed E-state index contributed by atoms with van der Waals surface area (Å²) < 4.78 is 10.8. The summed E-state index contributed by atoms with van der Waals surface area (Å²) in [6, 6.07) is 8.00. The van der Waals surface area contributed by atoms with E-state index in [1.165, 1.54) is 19.3 Å². The maximum absolute atomic E-state index is 5.44. The largest absolute Gasteiger partial charge is 0.493 e. The van der Waals surface area contributed by atoms with Gasteiger partial charge in [-0.3, -0.25) is 0 Å². The molecule has 1 aliphatic rings. The van der Waals surface area contributed by atoms with Crippen LogP contribution in [0.5, 0.6) is 11.5 Å². The van der Waals surface area contributed by atoms with Gasteiger partial charge in [0, 0.05) is 24.3 Å². The number of ether oxygens (including phenoxy) is 2. The van der Waals surface area contributed by atoms with Gasteiger partial charge < -0.3 is 19.4 Å². The number of nitrogens with zero attached hydrogens (tertiary/aromatic N) is 3. The Labute approximate surface area is 153 Å². The second-order valence-electron chi connectivity index (χ2n) is 6.66. The molecule has 6 nitrogen and oxygen atoms in total. The van der Waals surface area contributed by atoms with Gasteiger partial charge in [-0.2, -0.15) is 0 Å². The number of benzene rings is 1. The SMILES string of the molecule is COc1ccc(-c2cc3nc(C)nc(N4CCCCC4)c3[nH]2)cc1OC. The molecular weight excluding hydrogens is 328 g/mol. The van der Waals surface area contributed by atoms with Crippen LogP contribution < -0.4 is 14.4 Å². The van der Waals surface area contributed by atoms with Gasteiger partial charge in [0.1, 0.15) is 11.3 Å². The number of fused-ring (bicyclic) bond motifs is 1. The molecule has 2 aromatic heterocycles. The minimum Gasteiger partial charge on any atom is -0.493 e. The summed E-state index contributed by atoms with van der Waals surface area (Å²) in [7, 11) is 3.29. The molecule has 1 fully saturated rings. The molecule has 1 aliphatic heterocycles. The van der Waals surface area contributed by atoms with Crippen LogP contribution in [-0.4, -0.2) is 42.3 Å². The third-order valence-electron chi connectivity index (χ3n) is 4.92. The summed E-state index contributed by atoms with van der Waals surface area (Å²) in [5.41, 5.74) is 3.98. The van der Waals surface area contributed by atoms with Crippen molar-refractivity contribution >= 4 is 16.9 Å². The van der Waals surface area contributed by atoms with E-state index < -0.39 is 0 Å². The standard InChI is InChI=1S/C20H24N4O2/c1-13-21-16-12-15(14-7-8-17(25-2)18(11-14)26-3)23-19(16)20(22-13)24-9-5-4-6-10-24/h7-8,11-12,23H,4-6,9-10H2,1-3H3. The van der Waals surface area contributed by atoms with Crippen molar-refractivity contribution in [2.24, 2.45) is 0 Å². The lowest BCUT2D eigenvalue weighted by atomic mass is 10.1. The highest BCUT2D eigenvalue weighted by Crippen LogP contribution is 2.34. The van der Waals surface area contributed by atoms with Crippen molar-refractivity contribution in [1.29, 1.82) is 0 Å². The van der Waals surface area contributed by atoms with Crippen molar-refractivity contribution in [3.05, 3.63) is 30.1 Å². The van der Waals surface area contributed by atoms with Gasteiger partial charge in [-0.05, 0) is 50.5 Å². The van der Waals surface area contributed by atoms with Gasteiger partial charge in [0.25, 0.3) is 0 Å². The van der Waals surface area contributed by atoms with Gasteiger partial charge >= 0.3 is 0 Å². The molecular formula is C20H24N4O2. The number of methoxy groups -OCH3 is 2. The fraction of sp³-hybridized carbons (Fsp3) is 0.400. The molecule has 0 amide bonds. The molecule has 1 N–H and O–H groups in total. The molecule has 136 valence electrons. The summed E-state index contributed by atoms with van der Waals surface area (Å²) >= 11 is 0. The molecule has 0 aliphatic carbocycles. The molecule has 3 aromatic rings. The molecule has 0 unspecified atom stereocenters. The lowest BCUT2D eigenvalue weighted by Crippen LogP contribution is -2.30.